The zero-order valence-corrected chi connectivity index (χ0v) is 28.7. The van der Waals surface area contributed by atoms with Crippen LogP contribution in [0.1, 0.15) is 70.5 Å². The van der Waals surface area contributed by atoms with Crippen LogP contribution in [0.4, 0.5) is 0 Å². The van der Waals surface area contributed by atoms with E-state index in [1.54, 1.807) is 0 Å². The molecule has 0 radical (unpaired) electrons. The summed E-state index contributed by atoms with van der Waals surface area (Å²) < 4.78 is 1.97. The maximum atomic E-state index is 11.7. The van der Waals surface area contributed by atoms with Crippen molar-refractivity contribution in [1.82, 2.24) is 25.2 Å². The van der Waals surface area contributed by atoms with Gasteiger partial charge in [0.15, 0.2) is 5.82 Å². The Morgan fingerprint density at radius 3 is 1.78 bits per heavy atom. The fourth-order valence-corrected chi connectivity index (χ4v) is 7.10. The standard InChI is InChI=1S/C44H41N5O/c1-4-5-25-40-41(32(3)31(2)30-45-40)42(50)34-28-26-33(27-29-34)38-23-15-16-24-39(38)43-46-47-48-49(43)44(35-17-9-6-10-18-35,36-19-11-7-12-20-36)37-21-13-8-14-22-37/h6-24,26-30,42,50H,4-5,25H2,1-3H3. The third kappa shape index (κ3) is 5.92. The lowest BCUT2D eigenvalue weighted by Crippen LogP contribution is -2.39. The number of aliphatic hydroxyl groups is 1. The number of aromatic nitrogens is 5. The van der Waals surface area contributed by atoms with E-state index >= 15 is 0 Å². The van der Waals surface area contributed by atoms with Crippen LogP contribution in [-0.4, -0.2) is 30.3 Å². The van der Waals surface area contributed by atoms with Gasteiger partial charge in [-0.2, -0.15) is 0 Å². The monoisotopic (exact) mass is 655 g/mol. The van der Waals surface area contributed by atoms with Crippen molar-refractivity contribution in [3.63, 3.8) is 0 Å². The minimum Gasteiger partial charge on any atom is -0.384 e. The summed E-state index contributed by atoms with van der Waals surface area (Å²) in [5, 5.41) is 25.5. The summed E-state index contributed by atoms with van der Waals surface area (Å²) in [5.41, 5.74) is 10.1. The van der Waals surface area contributed by atoms with E-state index in [-0.39, 0.29) is 0 Å². The van der Waals surface area contributed by atoms with Crippen molar-refractivity contribution >= 4 is 0 Å². The summed E-state index contributed by atoms with van der Waals surface area (Å²) in [6, 6.07) is 47.7. The summed E-state index contributed by atoms with van der Waals surface area (Å²) in [5.74, 6) is 0.642. The molecular weight excluding hydrogens is 615 g/mol. The second-order valence-corrected chi connectivity index (χ2v) is 12.8. The zero-order chi connectivity index (χ0) is 34.5. The van der Waals surface area contributed by atoms with Crippen molar-refractivity contribution < 1.29 is 5.11 Å². The van der Waals surface area contributed by atoms with Crippen LogP contribution in [0.25, 0.3) is 22.5 Å². The first-order valence-electron chi connectivity index (χ1n) is 17.3. The molecule has 6 nitrogen and oxygen atoms in total. The Bertz CT molecular complexity index is 2080. The lowest BCUT2D eigenvalue weighted by Gasteiger charge is -2.36. The number of pyridine rings is 1. The largest absolute Gasteiger partial charge is 0.384 e. The molecule has 1 unspecified atom stereocenters. The molecule has 50 heavy (non-hydrogen) atoms. The van der Waals surface area contributed by atoms with Gasteiger partial charge in [-0.05, 0) is 81.6 Å². The molecule has 0 aliphatic carbocycles. The maximum absolute atomic E-state index is 11.7. The molecule has 0 saturated carbocycles. The van der Waals surface area contributed by atoms with Gasteiger partial charge < -0.3 is 5.11 Å². The molecule has 1 atom stereocenters. The molecule has 0 aliphatic rings. The van der Waals surface area contributed by atoms with Crippen LogP contribution in [0, 0.1) is 13.8 Å². The molecule has 1 N–H and O–H groups in total. The van der Waals surface area contributed by atoms with Crippen LogP contribution in [0.15, 0.2) is 146 Å². The highest BCUT2D eigenvalue weighted by Crippen LogP contribution is 2.43. The second-order valence-electron chi connectivity index (χ2n) is 12.8. The number of nitrogens with zero attached hydrogens (tertiary/aromatic N) is 5. The molecule has 6 heteroatoms. The molecule has 5 aromatic carbocycles. The summed E-state index contributed by atoms with van der Waals surface area (Å²) in [4.78, 5) is 4.74. The summed E-state index contributed by atoms with van der Waals surface area (Å²) in [6.45, 7) is 6.31. The van der Waals surface area contributed by atoms with Gasteiger partial charge in [-0.25, -0.2) is 4.68 Å². The molecule has 7 aromatic rings. The van der Waals surface area contributed by atoms with Gasteiger partial charge in [0, 0.05) is 23.0 Å². The summed E-state index contributed by atoms with van der Waals surface area (Å²) in [6.07, 6.45) is 4.11. The molecule has 0 spiro atoms. The van der Waals surface area contributed by atoms with Gasteiger partial charge in [0.25, 0.3) is 0 Å². The van der Waals surface area contributed by atoms with Crippen molar-refractivity contribution in [3.05, 3.63) is 190 Å². The van der Waals surface area contributed by atoms with Crippen molar-refractivity contribution in [3.8, 4) is 22.5 Å². The Morgan fingerprint density at radius 1 is 0.680 bits per heavy atom. The van der Waals surface area contributed by atoms with Crippen molar-refractivity contribution in [2.24, 2.45) is 0 Å². The second kappa shape index (κ2) is 14.4. The molecular formula is C44H41N5O. The molecule has 2 heterocycles. The van der Waals surface area contributed by atoms with Crippen molar-refractivity contribution in [2.75, 3.05) is 0 Å². The Labute approximate surface area is 294 Å². The number of aryl methyl sites for hydroxylation is 2. The van der Waals surface area contributed by atoms with E-state index in [0.29, 0.717) is 5.82 Å². The lowest BCUT2D eigenvalue weighted by atomic mass is 9.77. The zero-order valence-electron chi connectivity index (χ0n) is 28.7. The van der Waals surface area contributed by atoms with Gasteiger partial charge in [0.2, 0.25) is 0 Å². The van der Waals surface area contributed by atoms with Crippen LogP contribution >= 0.6 is 0 Å². The van der Waals surface area contributed by atoms with Crippen LogP contribution < -0.4 is 0 Å². The van der Waals surface area contributed by atoms with Crippen molar-refractivity contribution in [2.45, 2.75) is 51.7 Å². The number of tetrazole rings is 1. The molecule has 0 fully saturated rings. The first kappa shape index (κ1) is 32.8. The van der Waals surface area contributed by atoms with Crippen molar-refractivity contribution in [1.29, 1.82) is 0 Å². The number of aliphatic hydroxyl groups excluding tert-OH is 1. The third-order valence-corrected chi connectivity index (χ3v) is 9.83. The number of hydrogen-bond acceptors (Lipinski definition) is 5. The SMILES string of the molecule is CCCCc1ncc(C)c(C)c1C(O)c1ccc(-c2ccccc2-c2nnnn2C(c2ccccc2)(c2ccccc2)c2ccccc2)cc1. The smallest absolute Gasteiger partial charge is 0.184 e. The van der Waals surface area contributed by atoms with Gasteiger partial charge in [-0.15, -0.1) is 5.10 Å². The van der Waals surface area contributed by atoms with E-state index in [9.17, 15) is 5.11 Å². The van der Waals surface area contributed by atoms with Crippen LogP contribution in [0.3, 0.4) is 0 Å². The Balaban J connectivity index is 1.35. The van der Waals surface area contributed by atoms with Crippen LogP contribution in [0.2, 0.25) is 0 Å². The minimum absolute atomic E-state index is 0.642. The van der Waals surface area contributed by atoms with Crippen LogP contribution in [0.5, 0.6) is 0 Å². The van der Waals surface area contributed by atoms with Crippen LogP contribution in [-0.2, 0) is 12.0 Å². The predicted octanol–water partition coefficient (Wildman–Crippen LogP) is 9.28. The molecule has 0 amide bonds. The van der Waals surface area contributed by atoms with Gasteiger partial charge in [0.1, 0.15) is 11.6 Å². The fraction of sp³-hybridized carbons (Fsp3) is 0.182. The Kier molecular flexibility index (Phi) is 9.45. The van der Waals surface area contributed by atoms with E-state index in [1.807, 2.05) is 53.3 Å². The number of hydrogen-bond donors (Lipinski definition) is 1. The third-order valence-electron chi connectivity index (χ3n) is 9.83. The molecule has 2 aromatic heterocycles. The fourth-order valence-electron chi connectivity index (χ4n) is 7.10. The van der Waals surface area contributed by atoms with E-state index in [2.05, 4.69) is 123 Å². The molecule has 7 rings (SSSR count). The average Bonchev–Trinajstić information content (AvgIpc) is 3.67. The Hall–Kier alpha value is -5.72. The maximum Gasteiger partial charge on any atom is 0.184 e. The van der Waals surface area contributed by atoms with Gasteiger partial charge in [0.05, 0.1) is 0 Å². The van der Waals surface area contributed by atoms with E-state index in [4.69, 9.17) is 15.3 Å². The van der Waals surface area contributed by atoms with Gasteiger partial charge in [-0.1, -0.05) is 153 Å². The molecule has 0 bridgehead atoms. The highest BCUT2D eigenvalue weighted by atomic mass is 16.3. The Morgan fingerprint density at radius 2 is 1.22 bits per heavy atom. The van der Waals surface area contributed by atoms with E-state index in [1.165, 1.54) is 0 Å². The molecule has 0 saturated heterocycles. The predicted molar refractivity (Wildman–Crippen MR) is 200 cm³/mol. The normalized spacial score (nSPS) is 12.2. The van der Waals surface area contributed by atoms with Gasteiger partial charge in [-0.3, -0.25) is 4.98 Å². The minimum atomic E-state index is -0.862. The summed E-state index contributed by atoms with van der Waals surface area (Å²) in [7, 11) is 0. The van der Waals surface area contributed by atoms with E-state index in [0.717, 1.165) is 80.6 Å². The quantitative estimate of drug-likeness (QED) is 0.141. The number of unbranched alkanes of at least 4 members (excludes halogenated alkanes) is 1. The summed E-state index contributed by atoms with van der Waals surface area (Å²) >= 11 is 0. The number of benzene rings is 5. The first-order valence-corrected chi connectivity index (χ1v) is 17.3. The average molecular weight is 656 g/mol. The highest BCUT2D eigenvalue weighted by Gasteiger charge is 2.42. The van der Waals surface area contributed by atoms with E-state index < -0.39 is 11.6 Å². The number of rotatable bonds is 11. The first-order chi connectivity index (χ1) is 24.5. The lowest BCUT2D eigenvalue weighted by molar-refractivity contribution is 0.217. The molecule has 248 valence electrons. The highest BCUT2D eigenvalue weighted by molar-refractivity contribution is 5.81. The topological polar surface area (TPSA) is 76.7 Å². The molecule has 0 aliphatic heterocycles. The van der Waals surface area contributed by atoms with Gasteiger partial charge >= 0.3 is 0 Å².